The first-order chi connectivity index (χ1) is 8.63. The molecule has 4 nitrogen and oxygen atoms in total. The van der Waals surface area contributed by atoms with Crippen molar-refractivity contribution in [2.45, 2.75) is 64.5 Å². The van der Waals surface area contributed by atoms with Crippen LogP contribution in [0.5, 0.6) is 0 Å². The molecule has 2 rings (SSSR count). The number of piperazine rings is 1. The van der Waals surface area contributed by atoms with Crippen LogP contribution in [0.25, 0.3) is 0 Å². The predicted octanol–water partition coefficient (Wildman–Crippen LogP) is 1.69. The number of rotatable bonds is 3. The predicted molar refractivity (Wildman–Crippen MR) is 70.0 cm³/mol. The van der Waals surface area contributed by atoms with Crippen molar-refractivity contribution in [3.05, 3.63) is 0 Å². The van der Waals surface area contributed by atoms with Crippen molar-refractivity contribution >= 4 is 11.8 Å². The summed E-state index contributed by atoms with van der Waals surface area (Å²) in [6.07, 6.45) is 7.22. The molecule has 0 spiro atoms. The molecule has 2 amide bonds. The van der Waals surface area contributed by atoms with Gasteiger partial charge in [0.1, 0.15) is 6.04 Å². The van der Waals surface area contributed by atoms with Crippen molar-refractivity contribution in [2.75, 3.05) is 6.54 Å². The van der Waals surface area contributed by atoms with Crippen LogP contribution in [0.4, 0.5) is 0 Å². The van der Waals surface area contributed by atoms with Crippen LogP contribution in [0.15, 0.2) is 0 Å². The Bertz CT molecular complexity index is 324. The summed E-state index contributed by atoms with van der Waals surface area (Å²) in [5, 5.41) is 2.71. The lowest BCUT2D eigenvalue weighted by Crippen LogP contribution is -2.60. The fourth-order valence-corrected chi connectivity index (χ4v) is 3.44. The number of amides is 2. The van der Waals surface area contributed by atoms with Gasteiger partial charge in [-0.2, -0.15) is 0 Å². The maximum Gasteiger partial charge on any atom is 0.245 e. The second-order valence-electron chi connectivity index (χ2n) is 5.63. The largest absolute Gasteiger partial charge is 0.343 e. The fourth-order valence-electron chi connectivity index (χ4n) is 3.44. The van der Waals surface area contributed by atoms with Gasteiger partial charge < -0.3 is 10.2 Å². The van der Waals surface area contributed by atoms with Crippen LogP contribution in [0.2, 0.25) is 0 Å². The second-order valence-corrected chi connectivity index (χ2v) is 5.63. The molecular formula is C14H24N2O2. The molecule has 4 heteroatoms. The third-order valence-electron chi connectivity index (χ3n) is 4.36. The Kier molecular flexibility index (Phi) is 4.25. The van der Waals surface area contributed by atoms with E-state index in [9.17, 15) is 9.59 Å². The number of carbonyl (C=O) groups excluding carboxylic acids is 2. The highest BCUT2D eigenvalue weighted by Gasteiger charge is 2.37. The molecule has 1 aliphatic carbocycles. The van der Waals surface area contributed by atoms with Crippen LogP contribution in [-0.2, 0) is 9.59 Å². The van der Waals surface area contributed by atoms with Crippen molar-refractivity contribution in [3.8, 4) is 0 Å². The maximum atomic E-state index is 12.2. The molecule has 0 aromatic rings. The minimum Gasteiger partial charge on any atom is -0.343 e. The van der Waals surface area contributed by atoms with Crippen LogP contribution in [0.3, 0.4) is 0 Å². The van der Waals surface area contributed by atoms with E-state index < -0.39 is 0 Å². The van der Waals surface area contributed by atoms with Crippen LogP contribution in [-0.4, -0.2) is 35.3 Å². The van der Waals surface area contributed by atoms with Gasteiger partial charge in [-0.3, -0.25) is 9.59 Å². The molecule has 0 aromatic heterocycles. The van der Waals surface area contributed by atoms with Crippen molar-refractivity contribution in [1.29, 1.82) is 0 Å². The Labute approximate surface area is 109 Å². The van der Waals surface area contributed by atoms with Gasteiger partial charge in [-0.05, 0) is 32.1 Å². The van der Waals surface area contributed by atoms with Gasteiger partial charge >= 0.3 is 0 Å². The fraction of sp³-hybridized carbons (Fsp3) is 0.857. The first-order valence-electron chi connectivity index (χ1n) is 7.23. The van der Waals surface area contributed by atoms with Crippen molar-refractivity contribution in [3.63, 3.8) is 0 Å². The summed E-state index contributed by atoms with van der Waals surface area (Å²) in [7, 11) is 0. The molecule has 1 saturated carbocycles. The van der Waals surface area contributed by atoms with E-state index in [1.165, 1.54) is 32.1 Å². The lowest BCUT2D eigenvalue weighted by molar-refractivity contribution is -0.147. The first kappa shape index (κ1) is 13.4. The van der Waals surface area contributed by atoms with Gasteiger partial charge in [0.25, 0.3) is 0 Å². The SMILES string of the molecule is CCC(C1CCCCC1)N1CC(=O)NC(C)C1=O. The van der Waals surface area contributed by atoms with E-state index in [4.69, 9.17) is 0 Å². The lowest BCUT2D eigenvalue weighted by Gasteiger charge is -2.41. The van der Waals surface area contributed by atoms with Gasteiger partial charge in [0.15, 0.2) is 0 Å². The van der Waals surface area contributed by atoms with E-state index in [1.54, 1.807) is 6.92 Å². The number of nitrogens with zero attached hydrogens (tertiary/aromatic N) is 1. The number of nitrogens with one attached hydrogen (secondary N) is 1. The van der Waals surface area contributed by atoms with E-state index in [0.717, 1.165) is 6.42 Å². The Morgan fingerprint density at radius 1 is 1.28 bits per heavy atom. The molecule has 2 aliphatic rings. The highest BCUT2D eigenvalue weighted by atomic mass is 16.2. The van der Waals surface area contributed by atoms with Crippen LogP contribution < -0.4 is 5.32 Å². The molecule has 2 unspecified atom stereocenters. The second kappa shape index (κ2) is 5.72. The van der Waals surface area contributed by atoms with Crippen molar-refractivity contribution < 1.29 is 9.59 Å². The Balaban J connectivity index is 2.09. The smallest absolute Gasteiger partial charge is 0.245 e. The molecule has 0 bridgehead atoms. The summed E-state index contributed by atoms with van der Waals surface area (Å²) in [6.45, 7) is 4.15. The van der Waals surface area contributed by atoms with Gasteiger partial charge in [-0.15, -0.1) is 0 Å². The van der Waals surface area contributed by atoms with Crippen molar-refractivity contribution in [2.24, 2.45) is 5.92 Å². The summed E-state index contributed by atoms with van der Waals surface area (Å²) in [4.78, 5) is 25.7. The highest BCUT2D eigenvalue weighted by Crippen LogP contribution is 2.31. The number of carbonyl (C=O) groups is 2. The number of hydrogen-bond donors (Lipinski definition) is 1. The van der Waals surface area contributed by atoms with Crippen LogP contribution >= 0.6 is 0 Å². The quantitative estimate of drug-likeness (QED) is 0.831. The summed E-state index contributed by atoms with van der Waals surface area (Å²) in [5.74, 6) is 0.661. The summed E-state index contributed by atoms with van der Waals surface area (Å²) in [6, 6.07) is -0.102. The third kappa shape index (κ3) is 2.68. The topological polar surface area (TPSA) is 49.4 Å². The zero-order valence-corrected chi connectivity index (χ0v) is 11.4. The third-order valence-corrected chi connectivity index (χ3v) is 4.36. The molecule has 18 heavy (non-hydrogen) atoms. The molecule has 1 aliphatic heterocycles. The van der Waals surface area contributed by atoms with E-state index in [-0.39, 0.29) is 30.4 Å². The van der Waals surface area contributed by atoms with Gasteiger partial charge in [-0.25, -0.2) is 0 Å². The average molecular weight is 252 g/mol. The van der Waals surface area contributed by atoms with Crippen LogP contribution in [0.1, 0.15) is 52.4 Å². The van der Waals surface area contributed by atoms with E-state index in [0.29, 0.717) is 5.92 Å². The molecule has 1 N–H and O–H groups in total. The van der Waals surface area contributed by atoms with E-state index >= 15 is 0 Å². The molecule has 2 atom stereocenters. The van der Waals surface area contributed by atoms with E-state index in [2.05, 4.69) is 12.2 Å². The zero-order chi connectivity index (χ0) is 13.1. The monoisotopic (exact) mass is 252 g/mol. The molecule has 1 heterocycles. The first-order valence-corrected chi connectivity index (χ1v) is 7.23. The summed E-state index contributed by atoms with van der Waals surface area (Å²) >= 11 is 0. The molecule has 102 valence electrons. The Morgan fingerprint density at radius 3 is 2.56 bits per heavy atom. The van der Waals surface area contributed by atoms with Gasteiger partial charge in [0.2, 0.25) is 11.8 Å². The van der Waals surface area contributed by atoms with Gasteiger partial charge in [-0.1, -0.05) is 26.2 Å². The molecule has 0 aromatic carbocycles. The van der Waals surface area contributed by atoms with E-state index in [1.807, 2.05) is 4.90 Å². The van der Waals surface area contributed by atoms with Gasteiger partial charge in [0.05, 0.1) is 6.54 Å². The van der Waals surface area contributed by atoms with Gasteiger partial charge in [0, 0.05) is 6.04 Å². The minimum absolute atomic E-state index is 0.0173. The van der Waals surface area contributed by atoms with Crippen LogP contribution in [0, 0.1) is 5.92 Å². The molecule has 1 saturated heterocycles. The normalized spacial score (nSPS) is 28.1. The summed E-state index contributed by atoms with van der Waals surface area (Å²) < 4.78 is 0. The lowest BCUT2D eigenvalue weighted by atomic mass is 9.82. The average Bonchev–Trinajstić information content (AvgIpc) is 2.37. The summed E-state index contributed by atoms with van der Waals surface area (Å²) in [5.41, 5.74) is 0. The Hall–Kier alpha value is -1.06. The number of hydrogen-bond acceptors (Lipinski definition) is 2. The zero-order valence-electron chi connectivity index (χ0n) is 11.4. The maximum absolute atomic E-state index is 12.2. The standard InChI is InChI=1S/C14H24N2O2/c1-3-12(11-7-5-4-6-8-11)16-9-13(17)15-10(2)14(16)18/h10-12H,3-9H2,1-2H3,(H,15,17). The molecular weight excluding hydrogens is 228 g/mol. The Morgan fingerprint density at radius 2 is 1.94 bits per heavy atom. The molecule has 2 fully saturated rings. The minimum atomic E-state index is -0.358. The highest BCUT2D eigenvalue weighted by molar-refractivity contribution is 5.94. The van der Waals surface area contributed by atoms with Crippen molar-refractivity contribution in [1.82, 2.24) is 10.2 Å². The molecule has 0 radical (unpaired) electrons.